The number of hydrogen-bond donors (Lipinski definition) is 1. The lowest BCUT2D eigenvalue weighted by Crippen LogP contribution is -2.52. The van der Waals surface area contributed by atoms with Gasteiger partial charge in [0.15, 0.2) is 0 Å². The van der Waals surface area contributed by atoms with E-state index < -0.39 is 28.5 Å². The molecule has 0 unspecified atom stereocenters. The quantitative estimate of drug-likeness (QED) is 0.367. The molecule has 0 aliphatic heterocycles. The van der Waals surface area contributed by atoms with E-state index in [1.165, 1.54) is 17.0 Å². The minimum atomic E-state index is -4.07. The van der Waals surface area contributed by atoms with E-state index in [9.17, 15) is 18.0 Å². The van der Waals surface area contributed by atoms with Gasteiger partial charge in [0.25, 0.3) is 10.0 Å². The number of aryl methyl sites for hydroxylation is 1. The number of hydrogen-bond acceptors (Lipinski definition) is 4. The van der Waals surface area contributed by atoms with E-state index in [-0.39, 0.29) is 23.4 Å². The molecule has 0 aliphatic rings. The highest BCUT2D eigenvalue weighted by Gasteiger charge is 2.32. The Hall–Kier alpha value is -3.17. The van der Waals surface area contributed by atoms with Crippen molar-refractivity contribution in [1.29, 1.82) is 0 Å². The number of rotatable bonds is 10. The van der Waals surface area contributed by atoms with Gasteiger partial charge in [-0.3, -0.25) is 13.9 Å². The number of anilines is 1. The standard InChI is InChI=1S/C28H32BrN3O4S/c1-20(2)30-28(34)22(4)31(18-23-11-9-8-10-21(23)3)27(33)19-32(25-16-14-24(29)15-17-25)37(35,36)26-12-6-5-7-13-26/h5-17,20,22H,18-19H2,1-4H3,(H,30,34)/t22-/m1/s1. The van der Waals surface area contributed by atoms with Crippen LogP contribution in [0.1, 0.15) is 31.9 Å². The van der Waals surface area contributed by atoms with Crippen LogP contribution in [0.2, 0.25) is 0 Å². The highest BCUT2D eigenvalue weighted by atomic mass is 79.9. The summed E-state index contributed by atoms with van der Waals surface area (Å²) in [4.78, 5) is 28.3. The van der Waals surface area contributed by atoms with Crippen molar-refractivity contribution in [1.82, 2.24) is 10.2 Å². The smallest absolute Gasteiger partial charge is 0.264 e. The molecule has 0 radical (unpaired) electrons. The molecular weight excluding hydrogens is 554 g/mol. The third-order valence-corrected chi connectivity index (χ3v) is 8.24. The lowest BCUT2D eigenvalue weighted by atomic mass is 10.1. The summed E-state index contributed by atoms with van der Waals surface area (Å²) in [7, 11) is -4.07. The Labute approximate surface area is 227 Å². The Balaban J connectivity index is 2.02. The number of sulfonamides is 1. The molecule has 0 aromatic heterocycles. The largest absolute Gasteiger partial charge is 0.352 e. The number of nitrogens with zero attached hydrogens (tertiary/aromatic N) is 2. The Morgan fingerprint density at radius 2 is 1.49 bits per heavy atom. The molecule has 196 valence electrons. The van der Waals surface area contributed by atoms with Crippen molar-refractivity contribution < 1.29 is 18.0 Å². The molecule has 37 heavy (non-hydrogen) atoms. The van der Waals surface area contributed by atoms with Gasteiger partial charge in [0.1, 0.15) is 12.6 Å². The van der Waals surface area contributed by atoms with Gasteiger partial charge in [0.05, 0.1) is 10.6 Å². The first-order chi connectivity index (χ1) is 17.5. The van der Waals surface area contributed by atoms with Gasteiger partial charge in [-0.05, 0) is 75.2 Å². The van der Waals surface area contributed by atoms with Gasteiger partial charge >= 0.3 is 0 Å². The number of carbonyl (C=O) groups excluding carboxylic acids is 2. The van der Waals surface area contributed by atoms with Crippen molar-refractivity contribution in [3.8, 4) is 0 Å². The molecule has 3 aromatic carbocycles. The molecule has 0 heterocycles. The third-order valence-electron chi connectivity index (χ3n) is 5.92. The molecule has 0 saturated carbocycles. The lowest BCUT2D eigenvalue weighted by molar-refractivity contribution is -0.139. The van der Waals surface area contributed by atoms with E-state index in [4.69, 9.17) is 0 Å². The Kier molecular flexibility index (Phi) is 9.50. The predicted molar refractivity (Wildman–Crippen MR) is 150 cm³/mol. The topological polar surface area (TPSA) is 86.8 Å². The zero-order chi connectivity index (χ0) is 27.2. The molecule has 0 spiro atoms. The summed E-state index contributed by atoms with van der Waals surface area (Å²) in [6.07, 6.45) is 0. The van der Waals surface area contributed by atoms with E-state index in [0.717, 1.165) is 19.9 Å². The van der Waals surface area contributed by atoms with Gasteiger partial charge in [-0.25, -0.2) is 8.42 Å². The zero-order valence-electron chi connectivity index (χ0n) is 21.4. The minimum Gasteiger partial charge on any atom is -0.352 e. The normalized spacial score (nSPS) is 12.2. The lowest BCUT2D eigenvalue weighted by Gasteiger charge is -2.32. The number of nitrogens with one attached hydrogen (secondary N) is 1. The average Bonchev–Trinajstić information content (AvgIpc) is 2.87. The first-order valence-corrected chi connectivity index (χ1v) is 14.2. The number of amides is 2. The Morgan fingerprint density at radius 1 is 0.892 bits per heavy atom. The number of carbonyl (C=O) groups is 2. The van der Waals surface area contributed by atoms with E-state index in [1.54, 1.807) is 49.4 Å². The highest BCUT2D eigenvalue weighted by molar-refractivity contribution is 9.10. The fourth-order valence-electron chi connectivity index (χ4n) is 3.81. The van der Waals surface area contributed by atoms with E-state index in [2.05, 4.69) is 21.2 Å². The van der Waals surface area contributed by atoms with Crippen LogP contribution in [-0.4, -0.2) is 43.8 Å². The van der Waals surface area contributed by atoms with Crippen LogP contribution in [0, 0.1) is 6.92 Å². The first kappa shape index (κ1) is 28.4. The van der Waals surface area contributed by atoms with E-state index in [1.807, 2.05) is 45.0 Å². The van der Waals surface area contributed by atoms with E-state index in [0.29, 0.717) is 5.69 Å². The maximum Gasteiger partial charge on any atom is 0.264 e. The predicted octanol–water partition coefficient (Wildman–Crippen LogP) is 4.89. The summed E-state index contributed by atoms with van der Waals surface area (Å²) in [5.41, 5.74) is 2.19. The maximum atomic E-state index is 13.8. The van der Waals surface area contributed by atoms with Crippen LogP contribution in [0.15, 0.2) is 88.2 Å². The van der Waals surface area contributed by atoms with Crippen molar-refractivity contribution in [2.75, 3.05) is 10.8 Å². The second kappa shape index (κ2) is 12.4. The van der Waals surface area contributed by atoms with Crippen LogP contribution in [0.3, 0.4) is 0 Å². The highest BCUT2D eigenvalue weighted by Crippen LogP contribution is 2.26. The van der Waals surface area contributed by atoms with Crippen LogP contribution in [0.4, 0.5) is 5.69 Å². The third kappa shape index (κ3) is 7.20. The molecule has 1 atom stereocenters. The van der Waals surface area contributed by atoms with Crippen molar-refractivity contribution >= 4 is 43.5 Å². The van der Waals surface area contributed by atoms with Gasteiger partial charge in [-0.2, -0.15) is 0 Å². The monoisotopic (exact) mass is 585 g/mol. The number of benzene rings is 3. The second-order valence-corrected chi connectivity index (χ2v) is 11.9. The maximum absolute atomic E-state index is 13.8. The van der Waals surface area contributed by atoms with Gasteiger partial charge in [0.2, 0.25) is 11.8 Å². The van der Waals surface area contributed by atoms with Crippen LogP contribution in [-0.2, 0) is 26.2 Å². The molecule has 0 saturated heterocycles. The molecule has 0 fully saturated rings. The summed E-state index contributed by atoms with van der Waals surface area (Å²) >= 11 is 3.37. The summed E-state index contributed by atoms with van der Waals surface area (Å²) in [6.45, 7) is 6.98. The molecule has 2 amide bonds. The molecule has 7 nitrogen and oxygen atoms in total. The molecule has 0 bridgehead atoms. The summed E-state index contributed by atoms with van der Waals surface area (Å²) in [5, 5.41) is 2.86. The van der Waals surface area contributed by atoms with Crippen molar-refractivity contribution in [3.63, 3.8) is 0 Å². The fourth-order valence-corrected chi connectivity index (χ4v) is 5.51. The summed E-state index contributed by atoms with van der Waals surface area (Å²) in [6, 6.07) is 21.4. The second-order valence-electron chi connectivity index (χ2n) is 9.09. The van der Waals surface area contributed by atoms with Gasteiger partial charge in [0, 0.05) is 17.1 Å². The van der Waals surface area contributed by atoms with Crippen molar-refractivity contribution in [2.24, 2.45) is 0 Å². The van der Waals surface area contributed by atoms with Crippen molar-refractivity contribution in [2.45, 2.75) is 51.2 Å². The Bertz CT molecular complexity index is 1330. The zero-order valence-corrected chi connectivity index (χ0v) is 23.8. The first-order valence-electron chi connectivity index (χ1n) is 12.0. The van der Waals surface area contributed by atoms with Crippen LogP contribution in [0.25, 0.3) is 0 Å². The Morgan fingerprint density at radius 3 is 2.08 bits per heavy atom. The number of halogens is 1. The van der Waals surface area contributed by atoms with Gasteiger partial charge < -0.3 is 10.2 Å². The average molecular weight is 587 g/mol. The summed E-state index contributed by atoms with van der Waals surface area (Å²) < 4.78 is 29.3. The van der Waals surface area contributed by atoms with Gasteiger partial charge in [-0.1, -0.05) is 58.4 Å². The molecule has 9 heteroatoms. The summed E-state index contributed by atoms with van der Waals surface area (Å²) in [5.74, 6) is -0.796. The van der Waals surface area contributed by atoms with Crippen LogP contribution >= 0.6 is 15.9 Å². The van der Waals surface area contributed by atoms with Crippen molar-refractivity contribution in [3.05, 3.63) is 94.5 Å². The van der Waals surface area contributed by atoms with Crippen LogP contribution < -0.4 is 9.62 Å². The molecular formula is C28H32BrN3O4S. The van der Waals surface area contributed by atoms with E-state index >= 15 is 0 Å². The van der Waals surface area contributed by atoms with Crippen LogP contribution in [0.5, 0.6) is 0 Å². The fraction of sp³-hybridized carbons (Fsp3) is 0.286. The molecule has 0 aliphatic carbocycles. The molecule has 3 aromatic rings. The minimum absolute atomic E-state index is 0.0711. The van der Waals surface area contributed by atoms with Gasteiger partial charge in [-0.15, -0.1) is 0 Å². The molecule has 1 N–H and O–H groups in total. The SMILES string of the molecule is Cc1ccccc1CN(C(=O)CN(c1ccc(Br)cc1)S(=O)(=O)c1ccccc1)[C@H](C)C(=O)NC(C)C. The molecule has 3 rings (SSSR count).